The van der Waals surface area contributed by atoms with Crippen molar-refractivity contribution in [3.05, 3.63) is 0 Å². The van der Waals surface area contributed by atoms with E-state index in [0.717, 1.165) is 6.54 Å². The topological polar surface area (TPSA) is 39.7 Å². The van der Waals surface area contributed by atoms with Gasteiger partial charge in [-0.05, 0) is 13.8 Å². The van der Waals surface area contributed by atoms with E-state index in [1.54, 1.807) is 21.3 Å². The third kappa shape index (κ3) is 5.99. The standard InChI is InChI=1S/C9H21NO3/c1-9(2,13-5)7-10-6-8(11-3)12-4/h8,10H,6-7H2,1-5H3. The SMILES string of the molecule is COC(CNCC(C)(C)OC)OC. The highest BCUT2D eigenvalue weighted by molar-refractivity contribution is 4.71. The zero-order chi connectivity index (χ0) is 10.3. The molecule has 4 nitrogen and oxygen atoms in total. The van der Waals surface area contributed by atoms with Gasteiger partial charge in [0.1, 0.15) is 0 Å². The molecule has 0 aliphatic heterocycles. The van der Waals surface area contributed by atoms with Crippen molar-refractivity contribution >= 4 is 0 Å². The smallest absolute Gasteiger partial charge is 0.169 e. The average Bonchev–Trinajstić information content (AvgIpc) is 2.12. The molecule has 0 aromatic carbocycles. The molecule has 0 aromatic heterocycles. The van der Waals surface area contributed by atoms with Gasteiger partial charge in [-0.3, -0.25) is 0 Å². The van der Waals surface area contributed by atoms with Crippen LogP contribution in [0.5, 0.6) is 0 Å². The Labute approximate surface area is 80.5 Å². The van der Waals surface area contributed by atoms with Gasteiger partial charge >= 0.3 is 0 Å². The third-order valence-electron chi connectivity index (χ3n) is 1.94. The highest BCUT2D eigenvalue weighted by Crippen LogP contribution is 2.04. The second-order valence-electron chi connectivity index (χ2n) is 3.50. The van der Waals surface area contributed by atoms with Crippen LogP contribution in [0.4, 0.5) is 0 Å². The van der Waals surface area contributed by atoms with Crippen LogP contribution in [0.1, 0.15) is 13.8 Å². The van der Waals surface area contributed by atoms with Crippen LogP contribution in [0, 0.1) is 0 Å². The van der Waals surface area contributed by atoms with E-state index in [4.69, 9.17) is 14.2 Å². The molecular weight excluding hydrogens is 170 g/mol. The molecule has 0 fully saturated rings. The van der Waals surface area contributed by atoms with Crippen molar-refractivity contribution in [3.8, 4) is 0 Å². The minimum atomic E-state index is -0.187. The summed E-state index contributed by atoms with van der Waals surface area (Å²) in [5.74, 6) is 0. The van der Waals surface area contributed by atoms with Gasteiger partial charge in [0.05, 0.1) is 5.60 Å². The number of rotatable bonds is 7. The summed E-state index contributed by atoms with van der Waals surface area (Å²) in [5, 5.41) is 3.20. The van der Waals surface area contributed by atoms with Crippen molar-refractivity contribution in [2.45, 2.75) is 25.7 Å². The third-order valence-corrected chi connectivity index (χ3v) is 1.94. The molecule has 0 saturated carbocycles. The molecule has 0 rings (SSSR count). The largest absolute Gasteiger partial charge is 0.377 e. The van der Waals surface area contributed by atoms with Gasteiger partial charge in [0.2, 0.25) is 0 Å². The van der Waals surface area contributed by atoms with E-state index >= 15 is 0 Å². The van der Waals surface area contributed by atoms with Crippen LogP contribution >= 0.6 is 0 Å². The summed E-state index contributed by atoms with van der Waals surface area (Å²) in [5.41, 5.74) is -0.147. The summed E-state index contributed by atoms with van der Waals surface area (Å²) in [7, 11) is 4.94. The highest BCUT2D eigenvalue weighted by Gasteiger charge is 2.16. The van der Waals surface area contributed by atoms with E-state index in [0.29, 0.717) is 6.54 Å². The van der Waals surface area contributed by atoms with Crippen LogP contribution in [0.3, 0.4) is 0 Å². The average molecular weight is 191 g/mol. The maximum atomic E-state index is 5.24. The maximum absolute atomic E-state index is 5.24. The highest BCUT2D eigenvalue weighted by atomic mass is 16.7. The number of nitrogens with one attached hydrogen (secondary N) is 1. The van der Waals surface area contributed by atoms with Crippen LogP contribution in [0.2, 0.25) is 0 Å². The fourth-order valence-electron chi connectivity index (χ4n) is 0.826. The van der Waals surface area contributed by atoms with Crippen molar-refractivity contribution in [3.63, 3.8) is 0 Å². The zero-order valence-corrected chi connectivity index (χ0v) is 9.22. The molecule has 0 unspecified atom stereocenters. The summed E-state index contributed by atoms with van der Waals surface area (Å²) in [4.78, 5) is 0. The van der Waals surface area contributed by atoms with Crippen LogP contribution < -0.4 is 5.32 Å². The Morgan fingerprint density at radius 2 is 1.69 bits per heavy atom. The first-order valence-corrected chi connectivity index (χ1v) is 4.37. The van der Waals surface area contributed by atoms with E-state index in [1.165, 1.54) is 0 Å². The molecule has 0 spiro atoms. The molecule has 80 valence electrons. The Bertz CT molecular complexity index is 124. The lowest BCUT2D eigenvalue weighted by atomic mass is 10.1. The number of hydrogen-bond acceptors (Lipinski definition) is 4. The minimum absolute atomic E-state index is 0.147. The predicted octanol–water partition coefficient (Wildman–Crippen LogP) is 0.620. The molecule has 0 heterocycles. The first-order valence-electron chi connectivity index (χ1n) is 4.37. The predicted molar refractivity (Wildman–Crippen MR) is 51.8 cm³/mol. The van der Waals surface area contributed by atoms with Crippen LogP contribution in [-0.2, 0) is 14.2 Å². The Morgan fingerprint density at radius 3 is 2.08 bits per heavy atom. The number of methoxy groups -OCH3 is 3. The van der Waals surface area contributed by atoms with Crippen molar-refractivity contribution in [1.82, 2.24) is 5.32 Å². The Morgan fingerprint density at radius 1 is 1.15 bits per heavy atom. The normalized spacial score (nSPS) is 12.5. The van der Waals surface area contributed by atoms with Crippen LogP contribution in [0.25, 0.3) is 0 Å². The second kappa shape index (κ2) is 6.32. The van der Waals surface area contributed by atoms with E-state index < -0.39 is 0 Å². The molecule has 0 amide bonds. The fourth-order valence-corrected chi connectivity index (χ4v) is 0.826. The zero-order valence-electron chi connectivity index (χ0n) is 9.22. The van der Waals surface area contributed by atoms with E-state index in [-0.39, 0.29) is 11.9 Å². The molecule has 0 aromatic rings. The summed E-state index contributed by atoms with van der Waals surface area (Å²) in [6.07, 6.45) is -0.187. The lowest BCUT2D eigenvalue weighted by Gasteiger charge is -2.24. The van der Waals surface area contributed by atoms with Gasteiger partial charge in [0.25, 0.3) is 0 Å². The second-order valence-corrected chi connectivity index (χ2v) is 3.50. The molecule has 0 bridgehead atoms. The Hall–Kier alpha value is -0.160. The quantitative estimate of drug-likeness (QED) is 0.599. The lowest BCUT2D eigenvalue weighted by Crippen LogP contribution is -2.40. The van der Waals surface area contributed by atoms with E-state index in [2.05, 4.69) is 5.32 Å². The molecule has 1 N–H and O–H groups in total. The summed E-state index contributed by atoms with van der Waals surface area (Å²) < 4.78 is 15.3. The van der Waals surface area contributed by atoms with Gasteiger partial charge in [0.15, 0.2) is 6.29 Å². The van der Waals surface area contributed by atoms with Crippen LogP contribution in [0.15, 0.2) is 0 Å². The summed E-state index contributed by atoms with van der Waals surface area (Å²) in [6, 6.07) is 0. The van der Waals surface area contributed by atoms with Crippen LogP contribution in [-0.4, -0.2) is 46.3 Å². The number of hydrogen-bond donors (Lipinski definition) is 1. The van der Waals surface area contributed by atoms with Gasteiger partial charge in [-0.2, -0.15) is 0 Å². The molecule has 13 heavy (non-hydrogen) atoms. The molecule has 0 atom stereocenters. The maximum Gasteiger partial charge on any atom is 0.169 e. The Kier molecular flexibility index (Phi) is 6.24. The molecule has 0 saturated heterocycles. The number of ether oxygens (including phenoxy) is 3. The minimum Gasteiger partial charge on any atom is -0.377 e. The van der Waals surface area contributed by atoms with E-state index in [1.807, 2.05) is 13.8 Å². The molecule has 4 heteroatoms. The lowest BCUT2D eigenvalue weighted by molar-refractivity contribution is -0.101. The van der Waals surface area contributed by atoms with Crippen molar-refractivity contribution in [2.75, 3.05) is 34.4 Å². The summed E-state index contributed by atoms with van der Waals surface area (Å²) in [6.45, 7) is 5.48. The first kappa shape index (κ1) is 12.8. The van der Waals surface area contributed by atoms with Crippen molar-refractivity contribution < 1.29 is 14.2 Å². The van der Waals surface area contributed by atoms with Gasteiger partial charge in [-0.25, -0.2) is 0 Å². The molecular formula is C9H21NO3. The van der Waals surface area contributed by atoms with Gasteiger partial charge in [-0.1, -0.05) is 0 Å². The van der Waals surface area contributed by atoms with Gasteiger partial charge in [0, 0.05) is 34.4 Å². The first-order chi connectivity index (χ1) is 6.05. The Balaban J connectivity index is 3.54. The molecule has 0 aliphatic carbocycles. The van der Waals surface area contributed by atoms with Crippen molar-refractivity contribution in [1.29, 1.82) is 0 Å². The fraction of sp³-hybridized carbons (Fsp3) is 1.00. The van der Waals surface area contributed by atoms with E-state index in [9.17, 15) is 0 Å². The van der Waals surface area contributed by atoms with Gasteiger partial charge < -0.3 is 19.5 Å². The molecule has 0 radical (unpaired) electrons. The van der Waals surface area contributed by atoms with Gasteiger partial charge in [-0.15, -0.1) is 0 Å². The van der Waals surface area contributed by atoms with Crippen molar-refractivity contribution in [2.24, 2.45) is 0 Å². The monoisotopic (exact) mass is 191 g/mol. The molecule has 0 aliphatic rings. The summed E-state index contributed by atoms with van der Waals surface area (Å²) >= 11 is 0.